The molecular formula is C12H16ClFN2O2. The van der Waals surface area contributed by atoms with Crippen molar-refractivity contribution in [1.29, 1.82) is 0 Å². The topological polar surface area (TPSA) is 50.4 Å². The van der Waals surface area contributed by atoms with E-state index in [0.717, 1.165) is 13.0 Å². The Hall–Kier alpha value is -1.33. The molecule has 1 aromatic rings. The fourth-order valence-electron chi connectivity index (χ4n) is 1.87. The Bertz CT molecular complexity index is 423. The number of hydrogen-bond donors (Lipinski definition) is 2. The number of rotatable bonds is 3. The summed E-state index contributed by atoms with van der Waals surface area (Å²) in [5.41, 5.74) is 0.459. The number of ether oxygens (including phenoxy) is 1. The van der Waals surface area contributed by atoms with Crippen LogP contribution >= 0.6 is 12.4 Å². The Labute approximate surface area is 111 Å². The minimum Gasteiger partial charge on any atom is -0.494 e. The van der Waals surface area contributed by atoms with Gasteiger partial charge >= 0.3 is 0 Å². The SMILES string of the molecule is COc1ccc(NC(=O)C2CCNC2)cc1F.Cl. The summed E-state index contributed by atoms with van der Waals surface area (Å²) in [6.07, 6.45) is 0.824. The minimum absolute atomic E-state index is 0. The first-order valence-electron chi connectivity index (χ1n) is 5.56. The van der Waals surface area contributed by atoms with Crippen LogP contribution in [0.25, 0.3) is 0 Å². The van der Waals surface area contributed by atoms with Gasteiger partial charge in [0.25, 0.3) is 0 Å². The largest absolute Gasteiger partial charge is 0.494 e. The Morgan fingerprint density at radius 3 is 2.89 bits per heavy atom. The highest BCUT2D eigenvalue weighted by atomic mass is 35.5. The fraction of sp³-hybridized carbons (Fsp3) is 0.417. The third kappa shape index (κ3) is 3.34. The van der Waals surface area contributed by atoms with Crippen LogP contribution in [0.15, 0.2) is 18.2 Å². The predicted octanol–water partition coefficient (Wildman–Crippen LogP) is 1.80. The van der Waals surface area contributed by atoms with Crippen molar-refractivity contribution in [3.05, 3.63) is 24.0 Å². The average Bonchev–Trinajstić information content (AvgIpc) is 2.82. The van der Waals surface area contributed by atoms with Gasteiger partial charge in [-0.3, -0.25) is 4.79 Å². The zero-order valence-electron chi connectivity index (χ0n) is 10.0. The van der Waals surface area contributed by atoms with E-state index >= 15 is 0 Å². The number of carbonyl (C=O) groups is 1. The second-order valence-electron chi connectivity index (χ2n) is 4.03. The lowest BCUT2D eigenvalue weighted by atomic mass is 10.1. The van der Waals surface area contributed by atoms with Crippen molar-refractivity contribution in [2.24, 2.45) is 5.92 Å². The number of benzene rings is 1. The summed E-state index contributed by atoms with van der Waals surface area (Å²) in [5, 5.41) is 5.82. The number of methoxy groups -OCH3 is 1. The van der Waals surface area contributed by atoms with E-state index in [9.17, 15) is 9.18 Å². The number of hydrogen-bond acceptors (Lipinski definition) is 3. The van der Waals surface area contributed by atoms with Gasteiger partial charge in [0.05, 0.1) is 13.0 Å². The highest BCUT2D eigenvalue weighted by Crippen LogP contribution is 2.21. The summed E-state index contributed by atoms with van der Waals surface area (Å²) in [7, 11) is 1.40. The molecule has 18 heavy (non-hydrogen) atoms. The van der Waals surface area contributed by atoms with Gasteiger partial charge < -0.3 is 15.4 Å². The Morgan fingerprint density at radius 2 is 2.33 bits per heavy atom. The van der Waals surface area contributed by atoms with Gasteiger partial charge in [-0.15, -0.1) is 12.4 Å². The summed E-state index contributed by atoms with van der Waals surface area (Å²) in [5.74, 6) is -0.403. The van der Waals surface area contributed by atoms with E-state index in [1.165, 1.54) is 19.2 Å². The third-order valence-corrected chi connectivity index (χ3v) is 2.85. The van der Waals surface area contributed by atoms with Gasteiger partial charge in [0.15, 0.2) is 11.6 Å². The zero-order valence-corrected chi connectivity index (χ0v) is 10.8. The van der Waals surface area contributed by atoms with Crippen molar-refractivity contribution < 1.29 is 13.9 Å². The number of nitrogens with one attached hydrogen (secondary N) is 2. The van der Waals surface area contributed by atoms with Crippen molar-refractivity contribution in [3.8, 4) is 5.75 Å². The highest BCUT2D eigenvalue weighted by Gasteiger charge is 2.22. The van der Waals surface area contributed by atoms with Crippen LogP contribution in [0.4, 0.5) is 10.1 Å². The summed E-state index contributed by atoms with van der Waals surface area (Å²) in [6.45, 7) is 1.54. The molecule has 1 atom stereocenters. The van der Waals surface area contributed by atoms with E-state index in [0.29, 0.717) is 12.2 Å². The smallest absolute Gasteiger partial charge is 0.228 e. The molecule has 0 aromatic heterocycles. The average molecular weight is 275 g/mol. The molecule has 1 saturated heterocycles. The van der Waals surface area contributed by atoms with E-state index in [2.05, 4.69) is 10.6 Å². The molecule has 1 aliphatic rings. The highest BCUT2D eigenvalue weighted by molar-refractivity contribution is 5.92. The van der Waals surface area contributed by atoms with Gasteiger partial charge in [0.1, 0.15) is 0 Å². The molecule has 1 fully saturated rings. The summed E-state index contributed by atoms with van der Waals surface area (Å²) >= 11 is 0. The van der Waals surface area contributed by atoms with Crippen LogP contribution in [0.3, 0.4) is 0 Å². The van der Waals surface area contributed by atoms with Crippen LogP contribution in [0.5, 0.6) is 5.75 Å². The summed E-state index contributed by atoms with van der Waals surface area (Å²) < 4.78 is 18.2. The Morgan fingerprint density at radius 1 is 1.56 bits per heavy atom. The maximum Gasteiger partial charge on any atom is 0.228 e. The molecule has 0 saturated carbocycles. The molecule has 1 heterocycles. The molecule has 1 aromatic carbocycles. The van der Waals surface area contributed by atoms with E-state index < -0.39 is 5.82 Å². The second-order valence-corrected chi connectivity index (χ2v) is 4.03. The van der Waals surface area contributed by atoms with Crippen molar-refractivity contribution in [1.82, 2.24) is 5.32 Å². The number of carbonyl (C=O) groups excluding carboxylic acids is 1. The van der Waals surface area contributed by atoms with Crippen LogP contribution in [0.1, 0.15) is 6.42 Å². The fourth-order valence-corrected chi connectivity index (χ4v) is 1.87. The first-order valence-corrected chi connectivity index (χ1v) is 5.56. The molecule has 0 bridgehead atoms. The number of amides is 1. The number of anilines is 1. The summed E-state index contributed by atoms with van der Waals surface area (Å²) in [6, 6.07) is 4.39. The van der Waals surface area contributed by atoms with Gasteiger partial charge in [0.2, 0.25) is 5.91 Å². The standard InChI is InChI=1S/C12H15FN2O2.ClH/c1-17-11-3-2-9(6-10(11)13)15-12(16)8-4-5-14-7-8;/h2-3,6,8,14H,4-5,7H2,1H3,(H,15,16);1H. The van der Waals surface area contributed by atoms with Gasteiger partial charge in [0, 0.05) is 18.3 Å². The normalized spacial score (nSPS) is 18.0. The molecule has 2 N–H and O–H groups in total. The molecule has 2 rings (SSSR count). The second kappa shape index (κ2) is 6.56. The third-order valence-electron chi connectivity index (χ3n) is 2.85. The molecule has 0 radical (unpaired) electrons. The molecule has 0 aliphatic carbocycles. The van der Waals surface area contributed by atoms with Crippen LogP contribution in [0, 0.1) is 11.7 Å². The van der Waals surface area contributed by atoms with Gasteiger partial charge in [-0.1, -0.05) is 0 Å². The van der Waals surface area contributed by atoms with E-state index in [1.54, 1.807) is 6.07 Å². The Balaban J connectivity index is 0.00000162. The minimum atomic E-state index is -0.477. The van der Waals surface area contributed by atoms with Crippen molar-refractivity contribution in [2.45, 2.75) is 6.42 Å². The lowest BCUT2D eigenvalue weighted by Gasteiger charge is -2.10. The van der Waals surface area contributed by atoms with Gasteiger partial charge in [-0.2, -0.15) is 0 Å². The van der Waals surface area contributed by atoms with Crippen LogP contribution < -0.4 is 15.4 Å². The molecule has 1 amide bonds. The van der Waals surface area contributed by atoms with Gasteiger partial charge in [-0.25, -0.2) is 4.39 Å². The van der Waals surface area contributed by atoms with Crippen molar-refractivity contribution >= 4 is 24.0 Å². The Kier molecular flexibility index (Phi) is 5.37. The first-order chi connectivity index (χ1) is 8.20. The van der Waals surface area contributed by atoms with Crippen LogP contribution in [-0.4, -0.2) is 26.1 Å². The molecule has 100 valence electrons. The van der Waals surface area contributed by atoms with E-state index in [4.69, 9.17) is 4.74 Å². The predicted molar refractivity (Wildman–Crippen MR) is 69.8 cm³/mol. The molecule has 1 aliphatic heterocycles. The van der Waals surface area contributed by atoms with Crippen LogP contribution in [0.2, 0.25) is 0 Å². The summed E-state index contributed by atoms with van der Waals surface area (Å²) in [4.78, 5) is 11.8. The van der Waals surface area contributed by atoms with E-state index in [-0.39, 0.29) is 30.0 Å². The number of halogens is 2. The van der Waals surface area contributed by atoms with E-state index in [1.807, 2.05) is 0 Å². The van der Waals surface area contributed by atoms with Crippen LogP contribution in [-0.2, 0) is 4.79 Å². The first kappa shape index (κ1) is 14.7. The maximum absolute atomic E-state index is 13.4. The lowest BCUT2D eigenvalue weighted by Crippen LogP contribution is -2.24. The van der Waals surface area contributed by atoms with Crippen molar-refractivity contribution in [2.75, 3.05) is 25.5 Å². The molecule has 4 nitrogen and oxygen atoms in total. The lowest BCUT2D eigenvalue weighted by molar-refractivity contribution is -0.119. The zero-order chi connectivity index (χ0) is 12.3. The molecule has 0 spiro atoms. The maximum atomic E-state index is 13.4. The molecular weight excluding hydrogens is 259 g/mol. The van der Waals surface area contributed by atoms with Crippen molar-refractivity contribution in [3.63, 3.8) is 0 Å². The molecule has 1 unspecified atom stereocenters. The monoisotopic (exact) mass is 274 g/mol. The molecule has 6 heteroatoms. The van der Waals surface area contributed by atoms with Gasteiger partial charge in [-0.05, 0) is 25.1 Å². The quantitative estimate of drug-likeness (QED) is 0.884.